The van der Waals surface area contributed by atoms with E-state index in [2.05, 4.69) is 4.52 Å². The summed E-state index contributed by atoms with van der Waals surface area (Å²) >= 11 is 0. The highest BCUT2D eigenvalue weighted by molar-refractivity contribution is 7.46. The van der Waals surface area contributed by atoms with Crippen LogP contribution in [0.3, 0.4) is 0 Å². The van der Waals surface area contributed by atoms with E-state index in [1.807, 2.05) is 6.92 Å². The van der Waals surface area contributed by atoms with Crippen LogP contribution in [0.4, 0.5) is 0 Å². The van der Waals surface area contributed by atoms with Gasteiger partial charge in [0.05, 0.1) is 6.61 Å². The molecule has 0 aromatic carbocycles. The van der Waals surface area contributed by atoms with Crippen molar-refractivity contribution in [3.05, 3.63) is 0 Å². The van der Waals surface area contributed by atoms with Crippen molar-refractivity contribution < 1.29 is 28.8 Å². The van der Waals surface area contributed by atoms with Gasteiger partial charge in [-0.25, -0.2) is 4.57 Å². The van der Waals surface area contributed by atoms with E-state index in [0.29, 0.717) is 6.42 Å². The lowest BCUT2D eigenvalue weighted by molar-refractivity contribution is -0.128. The van der Waals surface area contributed by atoms with Crippen molar-refractivity contribution in [3.63, 3.8) is 0 Å². The largest absolute Gasteiger partial charge is 0.469 e. The Balaban J connectivity index is 4.07. The molecule has 90 valence electrons. The Morgan fingerprint density at radius 3 is 2.40 bits per heavy atom. The molecule has 0 amide bonds. The zero-order valence-corrected chi connectivity index (χ0v) is 9.52. The lowest BCUT2D eigenvalue weighted by Gasteiger charge is -2.21. The summed E-state index contributed by atoms with van der Waals surface area (Å²) in [7, 11) is -4.63. The predicted octanol–water partition coefficient (Wildman–Crippen LogP) is 0.606. The smallest absolute Gasteiger partial charge is 0.380 e. The van der Waals surface area contributed by atoms with Crippen LogP contribution in [0, 0.1) is 0 Å². The summed E-state index contributed by atoms with van der Waals surface area (Å²) in [5.74, 6) is 0. The lowest BCUT2D eigenvalue weighted by Crippen LogP contribution is -2.35. The van der Waals surface area contributed by atoms with Gasteiger partial charge >= 0.3 is 7.82 Å². The van der Waals surface area contributed by atoms with E-state index in [4.69, 9.17) is 9.79 Å². The molecule has 0 aliphatic heterocycles. The molecule has 1 atom stereocenters. The maximum absolute atomic E-state index is 10.6. The molecule has 15 heavy (non-hydrogen) atoms. The van der Waals surface area contributed by atoms with Crippen molar-refractivity contribution in [2.75, 3.05) is 6.61 Å². The molecular weight excluding hydrogens is 223 g/mol. The van der Waals surface area contributed by atoms with Crippen LogP contribution in [-0.2, 0) is 13.9 Å². The highest BCUT2D eigenvalue weighted by atomic mass is 31.2. The third-order valence-corrected chi connectivity index (χ3v) is 2.38. The SMILES string of the molecule is CCCCCC(O)(C=O)COP(=O)(O)O. The van der Waals surface area contributed by atoms with Crippen LogP contribution in [0.5, 0.6) is 0 Å². The maximum Gasteiger partial charge on any atom is 0.469 e. The van der Waals surface area contributed by atoms with E-state index >= 15 is 0 Å². The molecule has 0 saturated carbocycles. The van der Waals surface area contributed by atoms with E-state index < -0.39 is 20.0 Å². The van der Waals surface area contributed by atoms with Gasteiger partial charge < -0.3 is 19.7 Å². The summed E-state index contributed by atoms with van der Waals surface area (Å²) in [5.41, 5.74) is -1.80. The Labute approximate surface area is 88.5 Å². The molecule has 0 aliphatic rings. The van der Waals surface area contributed by atoms with Gasteiger partial charge in [-0.2, -0.15) is 0 Å². The van der Waals surface area contributed by atoms with Gasteiger partial charge in [0.25, 0.3) is 0 Å². The number of hydrogen-bond acceptors (Lipinski definition) is 4. The van der Waals surface area contributed by atoms with E-state index in [1.165, 1.54) is 0 Å². The molecule has 0 spiro atoms. The predicted molar refractivity (Wildman–Crippen MR) is 53.2 cm³/mol. The third-order valence-electron chi connectivity index (χ3n) is 1.92. The molecular formula is C8H17O6P. The van der Waals surface area contributed by atoms with Gasteiger partial charge in [-0.15, -0.1) is 0 Å². The van der Waals surface area contributed by atoms with Crippen LogP contribution in [0.25, 0.3) is 0 Å². The van der Waals surface area contributed by atoms with Crippen molar-refractivity contribution >= 4 is 14.1 Å². The Morgan fingerprint density at radius 1 is 1.40 bits per heavy atom. The second kappa shape index (κ2) is 6.35. The van der Waals surface area contributed by atoms with Crippen LogP contribution in [0.2, 0.25) is 0 Å². The molecule has 0 saturated heterocycles. The van der Waals surface area contributed by atoms with Crippen molar-refractivity contribution in [2.24, 2.45) is 0 Å². The first kappa shape index (κ1) is 14.7. The average molecular weight is 240 g/mol. The fraction of sp³-hybridized carbons (Fsp3) is 0.875. The molecule has 1 unspecified atom stereocenters. The Kier molecular flexibility index (Phi) is 6.24. The molecule has 0 fully saturated rings. The van der Waals surface area contributed by atoms with Gasteiger partial charge in [0, 0.05) is 0 Å². The Hall–Kier alpha value is -0.260. The fourth-order valence-electron chi connectivity index (χ4n) is 1.04. The van der Waals surface area contributed by atoms with Crippen molar-refractivity contribution in [2.45, 2.75) is 38.2 Å². The van der Waals surface area contributed by atoms with Gasteiger partial charge in [0.2, 0.25) is 0 Å². The highest BCUT2D eigenvalue weighted by Crippen LogP contribution is 2.37. The quantitative estimate of drug-likeness (QED) is 0.326. The summed E-state index contributed by atoms with van der Waals surface area (Å²) in [4.78, 5) is 27.4. The van der Waals surface area contributed by atoms with Gasteiger partial charge in [0.15, 0.2) is 6.29 Å². The normalized spacial score (nSPS) is 16.0. The molecule has 0 radical (unpaired) electrons. The molecule has 0 aromatic heterocycles. The average Bonchev–Trinajstić information content (AvgIpc) is 2.14. The first-order chi connectivity index (χ1) is 6.83. The van der Waals surface area contributed by atoms with Gasteiger partial charge in [0.1, 0.15) is 5.60 Å². The monoisotopic (exact) mass is 240 g/mol. The number of phosphoric acid groups is 1. The molecule has 0 bridgehead atoms. The van der Waals surface area contributed by atoms with Crippen molar-refractivity contribution in [3.8, 4) is 0 Å². The molecule has 0 rings (SSSR count). The maximum atomic E-state index is 10.6. The van der Waals surface area contributed by atoms with Gasteiger partial charge in [-0.1, -0.05) is 26.2 Å². The summed E-state index contributed by atoms with van der Waals surface area (Å²) in [6, 6.07) is 0. The van der Waals surface area contributed by atoms with Gasteiger partial charge in [-0.3, -0.25) is 4.52 Å². The summed E-state index contributed by atoms with van der Waals surface area (Å²) < 4.78 is 14.5. The molecule has 6 nitrogen and oxygen atoms in total. The molecule has 7 heteroatoms. The molecule has 0 aliphatic carbocycles. The fourth-order valence-corrected chi connectivity index (χ4v) is 1.43. The number of rotatable bonds is 8. The van der Waals surface area contributed by atoms with Crippen LogP contribution < -0.4 is 0 Å². The second-order valence-corrected chi connectivity index (χ2v) is 4.68. The minimum atomic E-state index is -4.63. The first-order valence-corrected chi connectivity index (χ1v) is 6.25. The number of hydrogen-bond donors (Lipinski definition) is 3. The minimum Gasteiger partial charge on any atom is -0.380 e. The summed E-state index contributed by atoms with van der Waals surface area (Å²) in [5, 5.41) is 9.57. The number of carbonyl (C=O) groups is 1. The minimum absolute atomic E-state index is 0.143. The van der Waals surface area contributed by atoms with Crippen LogP contribution >= 0.6 is 7.82 Å². The Bertz CT molecular complexity index is 237. The van der Waals surface area contributed by atoms with E-state index in [9.17, 15) is 14.5 Å². The molecule has 0 aromatic rings. The Morgan fingerprint density at radius 2 is 2.00 bits per heavy atom. The zero-order chi connectivity index (χ0) is 11.9. The zero-order valence-electron chi connectivity index (χ0n) is 8.63. The van der Waals surface area contributed by atoms with E-state index in [0.717, 1.165) is 12.8 Å². The third kappa shape index (κ3) is 7.64. The number of carbonyl (C=O) groups excluding carboxylic acids is 1. The molecule has 0 heterocycles. The van der Waals surface area contributed by atoms with Crippen LogP contribution in [0.1, 0.15) is 32.6 Å². The summed E-state index contributed by atoms with van der Waals surface area (Å²) in [6.45, 7) is 1.29. The van der Waals surface area contributed by atoms with E-state index in [1.54, 1.807) is 0 Å². The molecule has 3 N–H and O–H groups in total. The number of aldehydes is 1. The van der Waals surface area contributed by atoms with Crippen molar-refractivity contribution in [1.82, 2.24) is 0 Å². The lowest BCUT2D eigenvalue weighted by atomic mass is 9.99. The first-order valence-electron chi connectivity index (χ1n) is 4.72. The van der Waals surface area contributed by atoms with E-state index in [-0.39, 0.29) is 12.7 Å². The van der Waals surface area contributed by atoms with Gasteiger partial charge in [-0.05, 0) is 6.42 Å². The topological polar surface area (TPSA) is 104 Å². The second-order valence-electron chi connectivity index (χ2n) is 3.44. The van der Waals surface area contributed by atoms with Crippen LogP contribution in [-0.4, -0.2) is 33.4 Å². The number of aliphatic hydroxyl groups is 1. The summed E-state index contributed by atoms with van der Waals surface area (Å²) in [6.07, 6.45) is 2.78. The van der Waals surface area contributed by atoms with Crippen molar-refractivity contribution in [1.29, 1.82) is 0 Å². The number of unbranched alkanes of at least 4 members (excludes halogenated alkanes) is 2. The number of phosphoric ester groups is 1. The highest BCUT2D eigenvalue weighted by Gasteiger charge is 2.29. The standard InChI is InChI=1S/C8H17O6P/c1-2-3-4-5-8(10,6-9)7-14-15(11,12)13/h6,10H,2-5,7H2,1H3,(H2,11,12,13). The van der Waals surface area contributed by atoms with Crippen LogP contribution in [0.15, 0.2) is 0 Å².